The molecule has 1 aromatic heterocycles. The summed E-state index contributed by atoms with van der Waals surface area (Å²) >= 11 is 5.04. The Morgan fingerprint density at radius 3 is 2.88 bits per heavy atom. The van der Waals surface area contributed by atoms with E-state index in [1.54, 1.807) is 29.8 Å². The van der Waals surface area contributed by atoms with Gasteiger partial charge < -0.3 is 14.0 Å². The lowest BCUT2D eigenvalue weighted by molar-refractivity contribution is 0.106. The number of anilines is 1. The molecule has 4 rings (SSSR count). The highest BCUT2D eigenvalue weighted by Crippen LogP contribution is 2.37. The fraction of sp³-hybridized carbons (Fsp3) is 0.375. The topological polar surface area (TPSA) is 39.5 Å². The van der Waals surface area contributed by atoms with Crippen molar-refractivity contribution in [3.8, 4) is 17.1 Å². The molecule has 132 valence electrons. The van der Waals surface area contributed by atoms with Crippen molar-refractivity contribution in [1.82, 2.24) is 9.55 Å². The van der Waals surface area contributed by atoms with Gasteiger partial charge in [0.1, 0.15) is 25.1 Å². The van der Waals surface area contributed by atoms with Crippen LogP contribution < -0.4 is 9.64 Å². The third-order valence-corrected chi connectivity index (χ3v) is 4.63. The molecule has 2 aromatic rings. The number of alkyl halides is 2. The molecule has 1 atom stereocenters. The molecule has 0 N–H and O–H groups in total. The maximum absolute atomic E-state index is 14.4. The molecule has 3 heterocycles. The van der Waals surface area contributed by atoms with Crippen molar-refractivity contribution in [2.45, 2.75) is 25.9 Å². The minimum atomic E-state index is -2.63. The van der Waals surface area contributed by atoms with Crippen molar-refractivity contribution in [3.63, 3.8) is 0 Å². The van der Waals surface area contributed by atoms with Crippen LogP contribution in [0.15, 0.2) is 18.3 Å². The Morgan fingerprint density at radius 1 is 1.32 bits per heavy atom. The van der Waals surface area contributed by atoms with Gasteiger partial charge in [0, 0.05) is 6.20 Å². The molecule has 0 bridgehead atoms. The summed E-state index contributed by atoms with van der Waals surface area (Å²) in [5.74, 6) is 0.392. The van der Waals surface area contributed by atoms with Gasteiger partial charge in [-0.1, -0.05) is 6.07 Å². The highest BCUT2D eigenvalue weighted by molar-refractivity contribution is 7.80. The van der Waals surface area contributed by atoms with Crippen LogP contribution in [0.3, 0.4) is 0 Å². The van der Waals surface area contributed by atoms with E-state index < -0.39 is 18.3 Å². The second-order valence-electron chi connectivity index (χ2n) is 5.89. The number of fused-ring (bicyclic) bond motifs is 3. The zero-order valence-corrected chi connectivity index (χ0v) is 14.0. The first-order chi connectivity index (χ1) is 12.0. The maximum Gasteiger partial charge on any atom is 0.265 e. The average molecular weight is 369 g/mol. The highest BCUT2D eigenvalue weighted by Gasteiger charge is 2.39. The Balaban J connectivity index is 1.82. The molecule has 1 saturated heterocycles. The van der Waals surface area contributed by atoms with Crippen LogP contribution in [0.2, 0.25) is 0 Å². The fourth-order valence-electron chi connectivity index (χ4n) is 3.01. The lowest BCUT2D eigenvalue weighted by atomic mass is 10.1. The highest BCUT2D eigenvalue weighted by atomic mass is 32.1. The molecule has 0 radical (unpaired) electrons. The molecule has 25 heavy (non-hydrogen) atoms. The lowest BCUT2D eigenvalue weighted by Gasteiger charge is -2.19. The number of ether oxygens (including phenoxy) is 2. The molecule has 0 aliphatic carbocycles. The van der Waals surface area contributed by atoms with E-state index in [1.165, 1.54) is 4.90 Å². The molecule has 2 aliphatic rings. The van der Waals surface area contributed by atoms with Gasteiger partial charge in [-0.25, -0.2) is 18.2 Å². The van der Waals surface area contributed by atoms with Crippen molar-refractivity contribution < 1.29 is 22.6 Å². The largest absolute Gasteiger partial charge is 0.488 e. The first-order valence-corrected chi connectivity index (χ1v) is 8.11. The Kier molecular flexibility index (Phi) is 3.82. The van der Waals surface area contributed by atoms with E-state index in [0.717, 1.165) is 0 Å². The zero-order valence-electron chi connectivity index (χ0n) is 13.2. The maximum atomic E-state index is 14.4. The Labute approximate surface area is 147 Å². The van der Waals surface area contributed by atoms with Crippen LogP contribution in [0.25, 0.3) is 11.4 Å². The van der Waals surface area contributed by atoms with E-state index in [2.05, 4.69) is 4.98 Å². The number of imidazole rings is 1. The SMILES string of the molecule is Cc1ccc2c(c1F)OCCn1cc(N3C(=S)OC[C@H]3C(F)F)nc1-2. The number of hydrogen-bond donors (Lipinski definition) is 0. The van der Waals surface area contributed by atoms with Gasteiger partial charge in [0.05, 0.1) is 12.1 Å². The van der Waals surface area contributed by atoms with Gasteiger partial charge in [-0.15, -0.1) is 0 Å². The van der Waals surface area contributed by atoms with Gasteiger partial charge in [0.2, 0.25) is 0 Å². The number of aromatic nitrogens is 2. The molecular weight excluding hydrogens is 355 g/mol. The molecular formula is C16H14F3N3O2S. The first-order valence-electron chi connectivity index (χ1n) is 7.71. The second-order valence-corrected chi connectivity index (χ2v) is 6.24. The number of aryl methyl sites for hydroxylation is 1. The van der Waals surface area contributed by atoms with Crippen LogP contribution in [-0.2, 0) is 11.3 Å². The molecule has 0 unspecified atom stereocenters. The molecule has 0 spiro atoms. The average Bonchev–Trinajstić information content (AvgIpc) is 3.11. The van der Waals surface area contributed by atoms with E-state index in [9.17, 15) is 13.2 Å². The molecule has 5 nitrogen and oxygen atoms in total. The number of thiocarbonyl (C=S) groups is 1. The number of benzene rings is 1. The predicted molar refractivity (Wildman–Crippen MR) is 88.7 cm³/mol. The summed E-state index contributed by atoms with van der Waals surface area (Å²) in [6, 6.07) is 2.16. The molecule has 1 aromatic carbocycles. The van der Waals surface area contributed by atoms with Crippen molar-refractivity contribution >= 4 is 23.2 Å². The summed E-state index contributed by atoms with van der Waals surface area (Å²) in [5, 5.41) is -0.0369. The fourth-order valence-corrected chi connectivity index (χ4v) is 3.30. The smallest absolute Gasteiger partial charge is 0.265 e. The normalized spacial score (nSPS) is 19.3. The van der Waals surface area contributed by atoms with Crippen LogP contribution in [0, 0.1) is 12.7 Å². The second kappa shape index (κ2) is 5.91. The Hall–Kier alpha value is -2.29. The van der Waals surface area contributed by atoms with Crippen LogP contribution in [-0.4, -0.2) is 40.4 Å². The summed E-state index contributed by atoms with van der Waals surface area (Å²) in [5.41, 5.74) is 0.942. The van der Waals surface area contributed by atoms with Crippen LogP contribution in [0.1, 0.15) is 5.56 Å². The minimum Gasteiger partial charge on any atom is -0.488 e. The third kappa shape index (κ3) is 2.53. The minimum absolute atomic E-state index is 0.0369. The van der Waals surface area contributed by atoms with E-state index in [-0.39, 0.29) is 30.0 Å². The van der Waals surface area contributed by atoms with Crippen LogP contribution in [0.5, 0.6) is 5.75 Å². The van der Waals surface area contributed by atoms with Gasteiger partial charge in [0.25, 0.3) is 11.6 Å². The first kappa shape index (κ1) is 16.2. The van der Waals surface area contributed by atoms with Crippen molar-refractivity contribution in [2.75, 3.05) is 18.1 Å². The molecule has 2 aliphatic heterocycles. The predicted octanol–water partition coefficient (Wildman–Crippen LogP) is 3.15. The van der Waals surface area contributed by atoms with E-state index >= 15 is 0 Å². The summed E-state index contributed by atoms with van der Waals surface area (Å²) < 4.78 is 53.3. The number of nitrogens with zero attached hydrogens (tertiary/aromatic N) is 3. The third-order valence-electron chi connectivity index (χ3n) is 4.32. The summed E-state index contributed by atoms with van der Waals surface area (Å²) in [4.78, 5) is 5.64. The Bertz CT molecular complexity index is 855. The summed E-state index contributed by atoms with van der Waals surface area (Å²) in [6.07, 6.45) is -1.01. The van der Waals surface area contributed by atoms with Crippen LogP contribution in [0.4, 0.5) is 19.0 Å². The van der Waals surface area contributed by atoms with E-state index in [1.807, 2.05) is 0 Å². The van der Waals surface area contributed by atoms with Gasteiger partial charge in [-0.3, -0.25) is 4.90 Å². The lowest BCUT2D eigenvalue weighted by Crippen LogP contribution is -2.38. The number of halogens is 3. The molecule has 9 heteroatoms. The summed E-state index contributed by atoms with van der Waals surface area (Å²) in [6.45, 7) is 2.12. The van der Waals surface area contributed by atoms with Crippen molar-refractivity contribution in [1.29, 1.82) is 0 Å². The quantitative estimate of drug-likeness (QED) is 0.761. The summed E-state index contributed by atoms with van der Waals surface area (Å²) in [7, 11) is 0. The standard InChI is InChI=1S/C16H14F3N3O2S/c1-8-2-3-9-13(12(8)17)23-5-4-21-6-11(20-15(9)21)22-10(14(18)19)7-24-16(22)25/h2-3,6,10,14H,4-5,7H2,1H3/t10-/m0/s1. The van der Waals surface area contributed by atoms with Gasteiger partial charge in [0.15, 0.2) is 17.4 Å². The van der Waals surface area contributed by atoms with Gasteiger partial charge in [-0.2, -0.15) is 0 Å². The van der Waals surface area contributed by atoms with E-state index in [0.29, 0.717) is 23.5 Å². The van der Waals surface area contributed by atoms with Crippen molar-refractivity contribution in [3.05, 3.63) is 29.7 Å². The van der Waals surface area contributed by atoms with Gasteiger partial charge in [-0.05, 0) is 30.8 Å². The zero-order chi connectivity index (χ0) is 17.7. The molecule has 1 fully saturated rings. The van der Waals surface area contributed by atoms with Gasteiger partial charge >= 0.3 is 0 Å². The molecule has 0 amide bonds. The monoisotopic (exact) mass is 369 g/mol. The Morgan fingerprint density at radius 2 is 2.12 bits per heavy atom. The van der Waals surface area contributed by atoms with Crippen molar-refractivity contribution in [2.24, 2.45) is 0 Å². The number of rotatable bonds is 2. The molecule has 0 saturated carbocycles. The van der Waals surface area contributed by atoms with Crippen LogP contribution >= 0.6 is 12.2 Å². The van der Waals surface area contributed by atoms with E-state index in [4.69, 9.17) is 21.7 Å². The number of hydrogen-bond acceptors (Lipinski definition) is 4.